The lowest BCUT2D eigenvalue weighted by atomic mass is 9.88. The van der Waals surface area contributed by atoms with Crippen LogP contribution in [0.15, 0.2) is 0 Å². The first-order chi connectivity index (χ1) is 7.09. The summed E-state index contributed by atoms with van der Waals surface area (Å²) < 4.78 is 5.27. The molecule has 0 amide bonds. The van der Waals surface area contributed by atoms with E-state index in [4.69, 9.17) is 4.74 Å². The Kier molecular flexibility index (Phi) is 5.07. The second-order valence-electron chi connectivity index (χ2n) is 5.54. The van der Waals surface area contributed by atoms with E-state index in [-0.39, 0.29) is 0 Å². The molecule has 2 atom stereocenters. The number of ether oxygens (including phenoxy) is 1. The van der Waals surface area contributed by atoms with Gasteiger partial charge in [0.1, 0.15) is 0 Å². The molecule has 1 rings (SSSR count). The van der Waals surface area contributed by atoms with Crippen LogP contribution in [0, 0.1) is 11.3 Å². The summed E-state index contributed by atoms with van der Waals surface area (Å²) in [6.45, 7) is 12.2. The minimum absolute atomic E-state index is 0.406. The van der Waals surface area contributed by atoms with Crippen LogP contribution >= 0.6 is 0 Å². The van der Waals surface area contributed by atoms with Crippen LogP contribution in [-0.2, 0) is 4.74 Å². The molecular weight excluding hydrogens is 186 g/mol. The third-order valence-electron chi connectivity index (χ3n) is 3.60. The van der Waals surface area contributed by atoms with Gasteiger partial charge in [0.2, 0.25) is 0 Å². The molecular formula is C13H27NO. The van der Waals surface area contributed by atoms with E-state index in [1.807, 2.05) is 0 Å². The third kappa shape index (κ3) is 4.12. The molecule has 0 aromatic rings. The SMILES string of the molecule is CCC(C)CC(CC)NCC1(C)COC1. The van der Waals surface area contributed by atoms with Gasteiger partial charge >= 0.3 is 0 Å². The van der Waals surface area contributed by atoms with Gasteiger partial charge < -0.3 is 10.1 Å². The molecule has 2 nitrogen and oxygen atoms in total. The van der Waals surface area contributed by atoms with E-state index >= 15 is 0 Å². The molecule has 0 saturated carbocycles. The average Bonchev–Trinajstić information content (AvgIpc) is 2.21. The first-order valence-corrected chi connectivity index (χ1v) is 6.40. The second kappa shape index (κ2) is 5.86. The van der Waals surface area contributed by atoms with E-state index in [0.29, 0.717) is 11.5 Å². The van der Waals surface area contributed by atoms with E-state index in [1.54, 1.807) is 0 Å². The Balaban J connectivity index is 2.21. The summed E-state index contributed by atoms with van der Waals surface area (Å²) in [7, 11) is 0. The molecule has 0 aliphatic carbocycles. The van der Waals surface area contributed by atoms with Crippen LogP contribution in [0.2, 0.25) is 0 Å². The Morgan fingerprint density at radius 3 is 2.33 bits per heavy atom. The van der Waals surface area contributed by atoms with Gasteiger partial charge in [-0.05, 0) is 18.8 Å². The van der Waals surface area contributed by atoms with Crippen LogP contribution in [0.3, 0.4) is 0 Å². The highest BCUT2D eigenvalue weighted by Gasteiger charge is 2.33. The zero-order valence-electron chi connectivity index (χ0n) is 10.8. The molecule has 1 aliphatic rings. The van der Waals surface area contributed by atoms with Crippen LogP contribution in [0.1, 0.15) is 47.0 Å². The van der Waals surface area contributed by atoms with E-state index < -0.39 is 0 Å². The van der Waals surface area contributed by atoms with E-state index in [2.05, 4.69) is 33.0 Å². The van der Waals surface area contributed by atoms with Crippen molar-refractivity contribution in [2.24, 2.45) is 11.3 Å². The molecule has 1 fully saturated rings. The molecule has 1 heterocycles. The second-order valence-corrected chi connectivity index (χ2v) is 5.54. The van der Waals surface area contributed by atoms with Gasteiger partial charge in [0, 0.05) is 18.0 Å². The van der Waals surface area contributed by atoms with Gasteiger partial charge in [-0.1, -0.05) is 34.1 Å². The van der Waals surface area contributed by atoms with E-state index in [9.17, 15) is 0 Å². The summed E-state index contributed by atoms with van der Waals surface area (Å²) in [6.07, 6.45) is 3.84. The minimum atomic E-state index is 0.406. The van der Waals surface area contributed by atoms with Gasteiger partial charge in [0.15, 0.2) is 0 Å². The summed E-state index contributed by atoms with van der Waals surface area (Å²) in [5.41, 5.74) is 0.406. The molecule has 2 heteroatoms. The normalized spacial score (nSPS) is 23.2. The fraction of sp³-hybridized carbons (Fsp3) is 1.00. The third-order valence-corrected chi connectivity index (χ3v) is 3.60. The van der Waals surface area contributed by atoms with Crippen molar-refractivity contribution in [3.05, 3.63) is 0 Å². The lowest BCUT2D eigenvalue weighted by molar-refractivity contribution is -0.100. The fourth-order valence-corrected chi connectivity index (χ4v) is 1.99. The van der Waals surface area contributed by atoms with Crippen molar-refractivity contribution in [3.8, 4) is 0 Å². The molecule has 1 N–H and O–H groups in total. The Morgan fingerprint density at radius 2 is 1.93 bits per heavy atom. The summed E-state index contributed by atoms with van der Waals surface area (Å²) in [5.74, 6) is 0.841. The zero-order chi connectivity index (χ0) is 11.3. The molecule has 0 spiro atoms. The highest BCUT2D eigenvalue weighted by atomic mass is 16.5. The highest BCUT2D eigenvalue weighted by Crippen LogP contribution is 2.25. The van der Waals surface area contributed by atoms with Crippen molar-refractivity contribution in [3.63, 3.8) is 0 Å². The van der Waals surface area contributed by atoms with Crippen molar-refractivity contribution in [2.75, 3.05) is 19.8 Å². The van der Waals surface area contributed by atoms with Crippen LogP contribution in [-0.4, -0.2) is 25.8 Å². The molecule has 0 aromatic carbocycles. The highest BCUT2D eigenvalue weighted by molar-refractivity contribution is 4.84. The van der Waals surface area contributed by atoms with Crippen LogP contribution < -0.4 is 5.32 Å². The average molecular weight is 213 g/mol. The minimum Gasteiger partial charge on any atom is -0.380 e. The molecule has 1 saturated heterocycles. The van der Waals surface area contributed by atoms with Crippen molar-refractivity contribution in [2.45, 2.75) is 53.0 Å². The standard InChI is InChI=1S/C13H27NO/c1-5-11(3)7-12(6-2)14-8-13(4)9-15-10-13/h11-12,14H,5-10H2,1-4H3. The maximum atomic E-state index is 5.27. The van der Waals surface area contributed by atoms with Crippen LogP contribution in [0.25, 0.3) is 0 Å². The summed E-state index contributed by atoms with van der Waals surface area (Å²) in [6, 6.07) is 0.692. The van der Waals surface area contributed by atoms with Gasteiger partial charge in [-0.2, -0.15) is 0 Å². The van der Waals surface area contributed by atoms with Crippen molar-refractivity contribution in [1.82, 2.24) is 5.32 Å². The Bertz CT molecular complexity index is 177. The molecule has 2 unspecified atom stereocenters. The quantitative estimate of drug-likeness (QED) is 0.702. The first kappa shape index (κ1) is 13.0. The maximum absolute atomic E-state index is 5.27. The maximum Gasteiger partial charge on any atom is 0.0554 e. The smallest absolute Gasteiger partial charge is 0.0554 e. The number of rotatable bonds is 7. The fourth-order valence-electron chi connectivity index (χ4n) is 1.99. The molecule has 0 bridgehead atoms. The summed E-state index contributed by atoms with van der Waals surface area (Å²) in [4.78, 5) is 0. The predicted octanol–water partition coefficient (Wildman–Crippen LogP) is 2.83. The number of nitrogens with one attached hydrogen (secondary N) is 1. The van der Waals surface area contributed by atoms with Crippen LogP contribution in [0.4, 0.5) is 0 Å². The van der Waals surface area contributed by atoms with Crippen molar-refractivity contribution < 1.29 is 4.74 Å². The van der Waals surface area contributed by atoms with Gasteiger partial charge in [-0.25, -0.2) is 0 Å². The topological polar surface area (TPSA) is 21.3 Å². The predicted molar refractivity (Wildman–Crippen MR) is 65.1 cm³/mol. The van der Waals surface area contributed by atoms with E-state index in [1.165, 1.54) is 19.3 Å². The first-order valence-electron chi connectivity index (χ1n) is 6.40. The molecule has 0 aromatic heterocycles. The Morgan fingerprint density at radius 1 is 1.27 bits per heavy atom. The number of hydrogen-bond acceptors (Lipinski definition) is 2. The summed E-state index contributed by atoms with van der Waals surface area (Å²) in [5, 5.41) is 3.70. The lowest BCUT2D eigenvalue weighted by Gasteiger charge is -2.39. The van der Waals surface area contributed by atoms with Crippen LogP contribution in [0.5, 0.6) is 0 Å². The largest absolute Gasteiger partial charge is 0.380 e. The molecule has 0 radical (unpaired) electrons. The van der Waals surface area contributed by atoms with Gasteiger partial charge in [-0.3, -0.25) is 0 Å². The van der Waals surface area contributed by atoms with Gasteiger partial charge in [0.05, 0.1) is 13.2 Å². The monoisotopic (exact) mass is 213 g/mol. The lowest BCUT2D eigenvalue weighted by Crippen LogP contribution is -2.49. The number of hydrogen-bond donors (Lipinski definition) is 1. The summed E-state index contributed by atoms with van der Waals surface area (Å²) >= 11 is 0. The van der Waals surface area contributed by atoms with Crippen molar-refractivity contribution >= 4 is 0 Å². The van der Waals surface area contributed by atoms with E-state index in [0.717, 1.165) is 25.7 Å². The zero-order valence-corrected chi connectivity index (χ0v) is 10.8. The molecule has 1 aliphatic heterocycles. The van der Waals surface area contributed by atoms with Gasteiger partial charge in [-0.15, -0.1) is 0 Å². The molecule has 15 heavy (non-hydrogen) atoms. The van der Waals surface area contributed by atoms with Crippen molar-refractivity contribution in [1.29, 1.82) is 0 Å². The molecule has 90 valence electrons. The van der Waals surface area contributed by atoms with Gasteiger partial charge in [0.25, 0.3) is 0 Å². The Hall–Kier alpha value is -0.0800. The Labute approximate surface area is 94.8 Å².